The summed E-state index contributed by atoms with van der Waals surface area (Å²) in [5.41, 5.74) is 0.607. The lowest BCUT2D eigenvalue weighted by Gasteiger charge is -2.54. The Morgan fingerprint density at radius 1 is 0.958 bits per heavy atom. The maximum absolute atomic E-state index is 12.8. The van der Waals surface area contributed by atoms with Gasteiger partial charge in [0.2, 0.25) is 15.9 Å². The van der Waals surface area contributed by atoms with Crippen LogP contribution in [-0.4, -0.2) is 20.4 Å². The molecule has 6 heteroatoms. The van der Waals surface area contributed by atoms with Crippen LogP contribution in [0.5, 0.6) is 0 Å². The molecule has 0 aliphatic heterocycles. The highest BCUT2D eigenvalue weighted by Crippen LogP contribution is 2.53. The molecular formula is C18H24N2O3S. The van der Waals surface area contributed by atoms with Gasteiger partial charge in [0.1, 0.15) is 0 Å². The van der Waals surface area contributed by atoms with Gasteiger partial charge in [0.15, 0.2) is 0 Å². The number of hydrogen-bond acceptors (Lipinski definition) is 3. The Labute approximate surface area is 143 Å². The number of sulfonamides is 1. The third-order valence-electron chi connectivity index (χ3n) is 6.00. The van der Waals surface area contributed by atoms with E-state index in [9.17, 15) is 13.2 Å². The molecule has 0 atom stereocenters. The first-order chi connectivity index (χ1) is 11.4. The van der Waals surface area contributed by atoms with Gasteiger partial charge in [0.05, 0.1) is 4.90 Å². The fraction of sp³-hybridized carbons (Fsp3) is 0.611. The zero-order valence-corrected chi connectivity index (χ0v) is 14.7. The van der Waals surface area contributed by atoms with Crippen molar-refractivity contribution in [1.82, 2.24) is 4.72 Å². The maximum Gasteiger partial charge on any atom is 0.240 e. The Balaban J connectivity index is 1.50. The quantitative estimate of drug-likeness (QED) is 0.878. The summed E-state index contributed by atoms with van der Waals surface area (Å²) >= 11 is 0. The monoisotopic (exact) mass is 348 g/mol. The van der Waals surface area contributed by atoms with Crippen molar-refractivity contribution < 1.29 is 13.2 Å². The number of anilines is 1. The highest BCUT2D eigenvalue weighted by atomic mass is 32.2. The molecule has 0 saturated heterocycles. The van der Waals surface area contributed by atoms with Crippen LogP contribution >= 0.6 is 0 Å². The van der Waals surface area contributed by atoms with Gasteiger partial charge in [-0.25, -0.2) is 13.1 Å². The van der Waals surface area contributed by atoms with E-state index in [1.165, 1.54) is 39.0 Å². The third kappa shape index (κ3) is 2.97. The van der Waals surface area contributed by atoms with Gasteiger partial charge in [0.25, 0.3) is 0 Å². The van der Waals surface area contributed by atoms with E-state index >= 15 is 0 Å². The molecule has 0 heterocycles. The molecule has 4 fully saturated rings. The highest BCUT2D eigenvalue weighted by molar-refractivity contribution is 7.89. The van der Waals surface area contributed by atoms with Crippen molar-refractivity contribution in [3.63, 3.8) is 0 Å². The average Bonchev–Trinajstić information content (AvgIpc) is 2.50. The van der Waals surface area contributed by atoms with Crippen LogP contribution in [0.1, 0.15) is 39.0 Å². The van der Waals surface area contributed by atoms with Crippen molar-refractivity contribution in [3.05, 3.63) is 24.3 Å². The fourth-order valence-corrected chi connectivity index (χ4v) is 6.66. The first-order valence-corrected chi connectivity index (χ1v) is 10.3. The number of hydrogen-bond donors (Lipinski definition) is 2. The number of benzene rings is 1. The molecule has 4 saturated carbocycles. The van der Waals surface area contributed by atoms with Crippen LogP contribution in [0.2, 0.25) is 0 Å². The zero-order chi connectivity index (χ0) is 16.9. The molecule has 5 nitrogen and oxygen atoms in total. The summed E-state index contributed by atoms with van der Waals surface area (Å²) in [5, 5.41) is 2.65. The van der Waals surface area contributed by atoms with Crippen LogP contribution in [0.3, 0.4) is 0 Å². The SMILES string of the molecule is CC(=O)Nc1ccc(S(=O)(=O)NC2C3CC4CC(C3)CC2C4)cc1. The van der Waals surface area contributed by atoms with E-state index in [0.29, 0.717) is 17.5 Å². The molecule has 0 aromatic heterocycles. The minimum Gasteiger partial charge on any atom is -0.326 e. The van der Waals surface area contributed by atoms with E-state index in [4.69, 9.17) is 0 Å². The molecule has 5 rings (SSSR count). The minimum atomic E-state index is -3.51. The first-order valence-electron chi connectivity index (χ1n) is 8.80. The number of carbonyl (C=O) groups excluding carboxylic acids is 1. The maximum atomic E-state index is 12.8. The second-order valence-corrected chi connectivity index (χ2v) is 9.50. The van der Waals surface area contributed by atoms with Gasteiger partial charge in [-0.05, 0) is 80.0 Å². The Kier molecular flexibility index (Phi) is 3.92. The van der Waals surface area contributed by atoms with Gasteiger partial charge in [0, 0.05) is 18.7 Å². The van der Waals surface area contributed by atoms with Crippen LogP contribution in [0.4, 0.5) is 5.69 Å². The number of amides is 1. The van der Waals surface area contributed by atoms with Crippen molar-refractivity contribution in [2.45, 2.75) is 50.0 Å². The molecule has 4 bridgehead atoms. The summed E-state index contributed by atoms with van der Waals surface area (Å²) < 4.78 is 28.5. The van der Waals surface area contributed by atoms with E-state index in [-0.39, 0.29) is 16.8 Å². The Hall–Kier alpha value is -1.40. The second-order valence-electron chi connectivity index (χ2n) is 7.78. The van der Waals surface area contributed by atoms with Crippen LogP contribution in [-0.2, 0) is 14.8 Å². The minimum absolute atomic E-state index is 0.0952. The second kappa shape index (κ2) is 5.85. The van der Waals surface area contributed by atoms with E-state index in [0.717, 1.165) is 11.8 Å². The number of nitrogens with one attached hydrogen (secondary N) is 2. The molecule has 0 spiro atoms. The van der Waals surface area contributed by atoms with Gasteiger partial charge in [-0.3, -0.25) is 4.79 Å². The summed E-state index contributed by atoms with van der Waals surface area (Å²) in [7, 11) is -3.51. The Morgan fingerprint density at radius 3 is 2.00 bits per heavy atom. The predicted octanol–water partition coefficient (Wildman–Crippen LogP) is 2.75. The van der Waals surface area contributed by atoms with Crippen molar-refractivity contribution in [3.8, 4) is 0 Å². The van der Waals surface area contributed by atoms with Gasteiger partial charge in [-0.15, -0.1) is 0 Å². The van der Waals surface area contributed by atoms with Crippen LogP contribution in [0, 0.1) is 23.7 Å². The third-order valence-corrected chi connectivity index (χ3v) is 7.48. The molecule has 1 amide bonds. The van der Waals surface area contributed by atoms with Gasteiger partial charge < -0.3 is 5.32 Å². The van der Waals surface area contributed by atoms with Crippen molar-refractivity contribution in [2.75, 3.05) is 5.32 Å². The molecule has 1 aromatic carbocycles. The number of carbonyl (C=O) groups is 1. The normalized spacial score (nSPS) is 34.3. The molecule has 24 heavy (non-hydrogen) atoms. The van der Waals surface area contributed by atoms with Gasteiger partial charge in [-0.2, -0.15) is 0 Å². The molecule has 2 N–H and O–H groups in total. The molecule has 0 unspecified atom stereocenters. The highest BCUT2D eigenvalue weighted by Gasteiger charge is 2.49. The fourth-order valence-electron chi connectivity index (χ4n) is 5.29. The van der Waals surface area contributed by atoms with Crippen LogP contribution in [0.25, 0.3) is 0 Å². The van der Waals surface area contributed by atoms with E-state index in [2.05, 4.69) is 10.0 Å². The van der Waals surface area contributed by atoms with Crippen LogP contribution in [0.15, 0.2) is 29.2 Å². The van der Waals surface area contributed by atoms with Crippen LogP contribution < -0.4 is 10.0 Å². The smallest absolute Gasteiger partial charge is 0.240 e. The molecule has 130 valence electrons. The van der Waals surface area contributed by atoms with E-state index in [1.807, 2.05) is 0 Å². The first kappa shape index (κ1) is 16.1. The largest absolute Gasteiger partial charge is 0.326 e. The van der Waals surface area contributed by atoms with Gasteiger partial charge >= 0.3 is 0 Å². The Bertz CT molecular complexity index is 714. The Morgan fingerprint density at radius 2 is 1.50 bits per heavy atom. The lowest BCUT2D eigenvalue weighted by molar-refractivity contribution is -0.114. The standard InChI is InChI=1S/C18H24N2O3S/c1-11(21)19-16-2-4-17(5-3-16)24(22,23)20-18-14-7-12-6-13(9-14)10-15(18)8-12/h2-5,12-15,18,20H,6-10H2,1H3,(H,19,21). The summed E-state index contributed by atoms with van der Waals surface area (Å²) in [6, 6.07) is 6.48. The lowest BCUT2D eigenvalue weighted by atomic mass is 9.54. The average molecular weight is 348 g/mol. The van der Waals surface area contributed by atoms with Gasteiger partial charge in [-0.1, -0.05) is 0 Å². The summed E-state index contributed by atoms with van der Waals surface area (Å²) in [4.78, 5) is 11.3. The molecular weight excluding hydrogens is 324 g/mol. The summed E-state index contributed by atoms with van der Waals surface area (Å²) in [6.07, 6.45) is 6.09. The number of rotatable bonds is 4. The topological polar surface area (TPSA) is 75.3 Å². The molecule has 4 aliphatic rings. The summed E-state index contributed by atoms with van der Waals surface area (Å²) in [6.45, 7) is 1.43. The summed E-state index contributed by atoms with van der Waals surface area (Å²) in [5.74, 6) is 2.50. The molecule has 1 aromatic rings. The van der Waals surface area contributed by atoms with E-state index in [1.54, 1.807) is 24.3 Å². The zero-order valence-electron chi connectivity index (χ0n) is 13.9. The van der Waals surface area contributed by atoms with Crippen molar-refractivity contribution in [2.24, 2.45) is 23.7 Å². The molecule has 4 aliphatic carbocycles. The van der Waals surface area contributed by atoms with E-state index < -0.39 is 10.0 Å². The van der Waals surface area contributed by atoms with Crippen molar-refractivity contribution >= 4 is 21.6 Å². The molecule has 0 radical (unpaired) electrons. The van der Waals surface area contributed by atoms with Crippen molar-refractivity contribution in [1.29, 1.82) is 0 Å². The lowest BCUT2D eigenvalue weighted by Crippen LogP contribution is -2.55. The predicted molar refractivity (Wildman–Crippen MR) is 91.9 cm³/mol.